The molecule has 0 spiro atoms. The molecular formula is C15H16Cl2O. The molecule has 0 saturated heterocycles. The normalized spacial score (nSPS) is 23.3. The summed E-state index contributed by atoms with van der Waals surface area (Å²) in [5.74, 6) is 0.198. The first-order valence-corrected chi connectivity index (χ1v) is 6.96. The van der Waals surface area contributed by atoms with Crippen LogP contribution in [0, 0.1) is 5.41 Å². The van der Waals surface area contributed by atoms with E-state index in [0.717, 1.165) is 17.6 Å². The van der Waals surface area contributed by atoms with Gasteiger partial charge in [-0.05, 0) is 23.0 Å². The summed E-state index contributed by atoms with van der Waals surface area (Å²) >= 11 is 12.2. The van der Waals surface area contributed by atoms with Crippen LogP contribution >= 0.6 is 23.2 Å². The van der Waals surface area contributed by atoms with E-state index in [-0.39, 0.29) is 17.1 Å². The van der Waals surface area contributed by atoms with Crippen molar-refractivity contribution in [1.82, 2.24) is 0 Å². The first kappa shape index (κ1) is 13.6. The van der Waals surface area contributed by atoms with Crippen molar-refractivity contribution < 1.29 is 4.79 Å². The van der Waals surface area contributed by atoms with Crippen molar-refractivity contribution in [1.29, 1.82) is 0 Å². The van der Waals surface area contributed by atoms with E-state index >= 15 is 0 Å². The third-order valence-electron chi connectivity index (χ3n) is 3.47. The molecule has 0 amide bonds. The molecule has 1 nitrogen and oxygen atoms in total. The first-order chi connectivity index (χ1) is 8.47. The summed E-state index contributed by atoms with van der Waals surface area (Å²) < 4.78 is 0. The average molecular weight is 283 g/mol. The Kier molecular flexibility index (Phi) is 3.84. The Balaban J connectivity index is 2.55. The first-order valence-electron chi connectivity index (χ1n) is 5.99. The maximum Gasteiger partial charge on any atom is 0.178 e. The van der Waals surface area contributed by atoms with Gasteiger partial charge in [0.2, 0.25) is 0 Å². The zero-order valence-corrected chi connectivity index (χ0v) is 12.1. The van der Waals surface area contributed by atoms with Crippen LogP contribution in [0.1, 0.15) is 25.8 Å². The minimum Gasteiger partial charge on any atom is -0.293 e. The SMILES string of the molecule is CC1(C)CC(c2ccccc2)=C(CCl)C(=O)C1Cl. The van der Waals surface area contributed by atoms with Crippen molar-refractivity contribution in [2.45, 2.75) is 25.6 Å². The van der Waals surface area contributed by atoms with Crippen LogP contribution in [0.2, 0.25) is 0 Å². The zero-order valence-electron chi connectivity index (χ0n) is 10.5. The molecule has 0 aromatic heterocycles. The van der Waals surface area contributed by atoms with E-state index in [1.54, 1.807) is 0 Å². The van der Waals surface area contributed by atoms with E-state index in [2.05, 4.69) is 0 Å². The van der Waals surface area contributed by atoms with Crippen LogP contribution in [0.25, 0.3) is 5.57 Å². The highest BCUT2D eigenvalue weighted by Crippen LogP contribution is 2.44. The summed E-state index contributed by atoms with van der Waals surface area (Å²) in [6, 6.07) is 9.93. The Morgan fingerprint density at radius 3 is 2.44 bits per heavy atom. The number of Topliss-reactive ketones (excluding diaryl/α,β-unsaturated/α-hetero) is 1. The predicted octanol–water partition coefficient (Wildman–Crippen LogP) is 4.29. The van der Waals surface area contributed by atoms with E-state index in [4.69, 9.17) is 23.2 Å². The highest BCUT2D eigenvalue weighted by molar-refractivity contribution is 6.37. The maximum atomic E-state index is 12.3. The number of alkyl halides is 2. The third-order valence-corrected chi connectivity index (χ3v) is 4.52. The molecule has 0 radical (unpaired) electrons. The van der Waals surface area contributed by atoms with Crippen molar-refractivity contribution in [2.24, 2.45) is 5.41 Å². The highest BCUT2D eigenvalue weighted by atomic mass is 35.5. The molecule has 0 heterocycles. The smallest absolute Gasteiger partial charge is 0.178 e. The molecule has 1 aliphatic rings. The van der Waals surface area contributed by atoms with Crippen LogP contribution in [0.15, 0.2) is 35.9 Å². The minimum absolute atomic E-state index is 0.0261. The topological polar surface area (TPSA) is 17.1 Å². The lowest BCUT2D eigenvalue weighted by Crippen LogP contribution is -2.38. The van der Waals surface area contributed by atoms with Gasteiger partial charge >= 0.3 is 0 Å². The number of hydrogen-bond donors (Lipinski definition) is 0. The standard InChI is InChI=1S/C15H16Cl2O/c1-15(2)8-11(10-6-4-3-5-7-10)12(9-16)13(18)14(15)17/h3-7,14H,8-9H2,1-2H3. The summed E-state index contributed by atoms with van der Waals surface area (Å²) in [5, 5.41) is -0.487. The van der Waals surface area contributed by atoms with Gasteiger partial charge in [-0.3, -0.25) is 4.79 Å². The summed E-state index contributed by atoms with van der Waals surface area (Å²) in [4.78, 5) is 12.3. The second-order valence-corrected chi connectivity index (χ2v) is 6.05. The molecule has 2 rings (SSSR count). The number of hydrogen-bond acceptors (Lipinski definition) is 1. The van der Waals surface area contributed by atoms with Crippen molar-refractivity contribution in [2.75, 3.05) is 5.88 Å². The van der Waals surface area contributed by atoms with Crippen molar-refractivity contribution >= 4 is 34.6 Å². The number of carbonyl (C=O) groups excluding carboxylic acids is 1. The third kappa shape index (κ3) is 2.34. The molecule has 1 unspecified atom stereocenters. The van der Waals surface area contributed by atoms with Crippen LogP contribution < -0.4 is 0 Å². The molecule has 1 aromatic carbocycles. The van der Waals surface area contributed by atoms with Gasteiger partial charge in [-0.2, -0.15) is 0 Å². The number of benzene rings is 1. The molecule has 0 aliphatic heterocycles. The van der Waals surface area contributed by atoms with Gasteiger partial charge in [0.25, 0.3) is 0 Å². The van der Waals surface area contributed by atoms with Crippen LogP contribution in [0.3, 0.4) is 0 Å². The van der Waals surface area contributed by atoms with E-state index in [1.165, 1.54) is 0 Å². The molecule has 1 atom stereocenters. The van der Waals surface area contributed by atoms with Crippen LogP contribution in [-0.4, -0.2) is 17.0 Å². The van der Waals surface area contributed by atoms with Gasteiger partial charge < -0.3 is 0 Å². The molecule has 0 bridgehead atoms. The van der Waals surface area contributed by atoms with Gasteiger partial charge in [0.05, 0.1) is 5.88 Å². The molecule has 0 N–H and O–H groups in total. The van der Waals surface area contributed by atoms with Crippen LogP contribution in [0.5, 0.6) is 0 Å². The molecule has 0 saturated carbocycles. The van der Waals surface area contributed by atoms with Gasteiger partial charge in [0.1, 0.15) is 5.38 Å². The fourth-order valence-corrected chi connectivity index (χ4v) is 2.87. The summed E-state index contributed by atoms with van der Waals surface area (Å²) in [6.07, 6.45) is 0.777. The van der Waals surface area contributed by atoms with Gasteiger partial charge in [0.15, 0.2) is 5.78 Å². The number of halogens is 2. The van der Waals surface area contributed by atoms with Gasteiger partial charge in [-0.1, -0.05) is 44.2 Å². The molecule has 1 aliphatic carbocycles. The Bertz CT molecular complexity index is 488. The average Bonchev–Trinajstić information content (AvgIpc) is 2.37. The number of ketones is 1. The van der Waals surface area contributed by atoms with Crippen molar-refractivity contribution in [3.05, 3.63) is 41.5 Å². The lowest BCUT2D eigenvalue weighted by Gasteiger charge is -2.36. The van der Waals surface area contributed by atoms with Crippen LogP contribution in [0.4, 0.5) is 0 Å². The molecule has 1 aromatic rings. The second kappa shape index (κ2) is 5.07. The summed E-state index contributed by atoms with van der Waals surface area (Å²) in [5.41, 5.74) is 2.54. The van der Waals surface area contributed by atoms with E-state index in [9.17, 15) is 4.79 Å². The molecule has 96 valence electrons. The lowest BCUT2D eigenvalue weighted by molar-refractivity contribution is -0.117. The Hall–Kier alpha value is -0.790. The Morgan fingerprint density at radius 1 is 1.28 bits per heavy atom. The number of carbonyl (C=O) groups is 1. The van der Waals surface area contributed by atoms with E-state index in [1.807, 2.05) is 44.2 Å². The van der Waals surface area contributed by atoms with E-state index < -0.39 is 5.38 Å². The second-order valence-electron chi connectivity index (χ2n) is 5.35. The van der Waals surface area contributed by atoms with Crippen LogP contribution in [-0.2, 0) is 4.79 Å². The molecule has 3 heteroatoms. The number of allylic oxidation sites excluding steroid dienone is 2. The van der Waals surface area contributed by atoms with Gasteiger partial charge in [0, 0.05) is 5.57 Å². The largest absolute Gasteiger partial charge is 0.293 e. The van der Waals surface area contributed by atoms with Gasteiger partial charge in [-0.15, -0.1) is 23.2 Å². The van der Waals surface area contributed by atoms with Gasteiger partial charge in [-0.25, -0.2) is 0 Å². The Labute approximate surface area is 118 Å². The quantitative estimate of drug-likeness (QED) is 0.740. The highest BCUT2D eigenvalue weighted by Gasteiger charge is 2.41. The predicted molar refractivity (Wildman–Crippen MR) is 77.1 cm³/mol. The molecule has 0 fully saturated rings. The van der Waals surface area contributed by atoms with Crippen molar-refractivity contribution in [3.8, 4) is 0 Å². The fraction of sp³-hybridized carbons (Fsp3) is 0.400. The maximum absolute atomic E-state index is 12.3. The molecular weight excluding hydrogens is 267 g/mol. The summed E-state index contributed by atoms with van der Waals surface area (Å²) in [6.45, 7) is 4.05. The number of rotatable bonds is 2. The zero-order chi connectivity index (χ0) is 13.3. The fourth-order valence-electron chi connectivity index (χ4n) is 2.37. The Morgan fingerprint density at radius 2 is 1.89 bits per heavy atom. The lowest BCUT2D eigenvalue weighted by atomic mass is 9.72. The summed E-state index contributed by atoms with van der Waals surface area (Å²) in [7, 11) is 0. The minimum atomic E-state index is -0.487. The molecule has 18 heavy (non-hydrogen) atoms. The van der Waals surface area contributed by atoms with E-state index in [0.29, 0.717) is 5.57 Å². The van der Waals surface area contributed by atoms with Crippen molar-refractivity contribution in [3.63, 3.8) is 0 Å². The monoisotopic (exact) mass is 282 g/mol.